The molecule has 6 heteroatoms. The Morgan fingerprint density at radius 2 is 2.16 bits per heavy atom. The Morgan fingerprint density at radius 3 is 2.84 bits per heavy atom. The monoisotopic (exact) mass is 346 g/mol. The third-order valence-electron chi connectivity index (χ3n) is 5.28. The van der Waals surface area contributed by atoms with E-state index in [4.69, 9.17) is 4.74 Å². The molecule has 0 radical (unpaired) electrons. The predicted molar refractivity (Wildman–Crippen MR) is 94.8 cm³/mol. The van der Waals surface area contributed by atoms with Crippen molar-refractivity contribution in [1.29, 1.82) is 0 Å². The molecule has 136 valence electrons. The minimum atomic E-state index is -0.772. The van der Waals surface area contributed by atoms with Gasteiger partial charge in [0, 0.05) is 13.1 Å². The molecular weight excluding hydrogens is 320 g/mol. The van der Waals surface area contributed by atoms with Crippen LogP contribution >= 0.6 is 0 Å². The number of nitrogens with one attached hydrogen (secondary N) is 1. The summed E-state index contributed by atoms with van der Waals surface area (Å²) in [5, 5.41) is 12.5. The topological polar surface area (TPSA) is 78.9 Å². The summed E-state index contributed by atoms with van der Waals surface area (Å²) in [7, 11) is 0. The lowest BCUT2D eigenvalue weighted by Crippen LogP contribution is -2.38. The van der Waals surface area contributed by atoms with E-state index in [0.29, 0.717) is 36.9 Å². The van der Waals surface area contributed by atoms with E-state index in [1.54, 1.807) is 11.0 Å². The first kappa shape index (κ1) is 17.6. The highest BCUT2D eigenvalue weighted by atomic mass is 16.5. The third-order valence-corrected chi connectivity index (χ3v) is 5.28. The molecule has 0 spiro atoms. The maximum atomic E-state index is 12.7. The van der Waals surface area contributed by atoms with Crippen LogP contribution in [0.2, 0.25) is 0 Å². The minimum Gasteiger partial charge on any atom is -0.491 e. The van der Waals surface area contributed by atoms with Crippen LogP contribution in [0.1, 0.15) is 33.1 Å². The molecule has 1 aliphatic heterocycles. The summed E-state index contributed by atoms with van der Waals surface area (Å²) in [6.07, 6.45) is 2.47. The first-order chi connectivity index (χ1) is 11.9. The number of benzene rings is 1. The molecule has 1 saturated heterocycles. The zero-order valence-corrected chi connectivity index (χ0v) is 14.8. The van der Waals surface area contributed by atoms with Gasteiger partial charge in [-0.25, -0.2) is 4.79 Å². The number of hydrogen-bond donors (Lipinski definition) is 2. The van der Waals surface area contributed by atoms with Crippen molar-refractivity contribution in [3.05, 3.63) is 24.3 Å². The predicted octanol–water partition coefficient (Wildman–Crippen LogP) is 3.44. The summed E-state index contributed by atoms with van der Waals surface area (Å²) in [5.74, 6) is 0.308. The van der Waals surface area contributed by atoms with Crippen molar-refractivity contribution < 1.29 is 19.4 Å². The summed E-state index contributed by atoms with van der Waals surface area (Å²) < 4.78 is 5.77. The van der Waals surface area contributed by atoms with Gasteiger partial charge in [-0.3, -0.25) is 4.79 Å². The van der Waals surface area contributed by atoms with Gasteiger partial charge in [0.05, 0.1) is 17.7 Å². The second-order valence-corrected chi connectivity index (χ2v) is 7.56. The highest BCUT2D eigenvalue weighted by molar-refractivity contribution is 5.92. The SMILES string of the molecule is CC(C)COc1ccccc1NC(=O)N1C[C@@H]2CCC[C@@]2(C(=O)O)C1. The molecule has 1 aromatic rings. The van der Waals surface area contributed by atoms with Gasteiger partial charge in [-0.1, -0.05) is 32.4 Å². The number of carbonyl (C=O) groups excluding carboxylic acids is 1. The van der Waals surface area contributed by atoms with E-state index in [1.807, 2.05) is 18.2 Å². The van der Waals surface area contributed by atoms with Crippen LogP contribution in [0.25, 0.3) is 0 Å². The van der Waals surface area contributed by atoms with E-state index in [9.17, 15) is 14.7 Å². The Kier molecular flexibility index (Phi) is 4.88. The number of carboxylic acid groups (broad SMARTS) is 1. The molecule has 1 aromatic carbocycles. The standard InChI is InChI=1S/C19H26N2O4/c1-13(2)11-25-16-8-4-3-7-15(16)20-18(24)21-10-14-6-5-9-19(14,12-21)17(22)23/h3-4,7-8,13-14H,5-6,9-12H2,1-2H3,(H,20,24)(H,22,23)/t14-,19+/m0/s1. The summed E-state index contributed by atoms with van der Waals surface area (Å²) in [5.41, 5.74) is -0.139. The average Bonchev–Trinajstić information content (AvgIpc) is 3.12. The van der Waals surface area contributed by atoms with E-state index < -0.39 is 11.4 Å². The molecule has 0 bridgehead atoms. The average molecular weight is 346 g/mol. The zero-order valence-electron chi connectivity index (χ0n) is 14.8. The van der Waals surface area contributed by atoms with E-state index in [0.717, 1.165) is 12.8 Å². The maximum Gasteiger partial charge on any atom is 0.321 e. The molecule has 2 aliphatic rings. The van der Waals surface area contributed by atoms with Crippen molar-refractivity contribution >= 4 is 17.7 Å². The van der Waals surface area contributed by atoms with Gasteiger partial charge in [-0.05, 0) is 36.8 Å². The van der Waals surface area contributed by atoms with Crippen LogP contribution in [0.4, 0.5) is 10.5 Å². The molecule has 3 rings (SSSR count). The molecule has 25 heavy (non-hydrogen) atoms. The molecule has 6 nitrogen and oxygen atoms in total. The molecule has 0 unspecified atom stereocenters. The van der Waals surface area contributed by atoms with E-state index in [-0.39, 0.29) is 18.5 Å². The lowest BCUT2D eigenvalue weighted by atomic mass is 9.81. The fraction of sp³-hybridized carbons (Fsp3) is 0.579. The maximum absolute atomic E-state index is 12.7. The van der Waals surface area contributed by atoms with Crippen LogP contribution < -0.4 is 10.1 Å². The quantitative estimate of drug-likeness (QED) is 0.856. The minimum absolute atomic E-state index is 0.0585. The number of aliphatic carboxylic acids is 1. The number of ether oxygens (including phenoxy) is 1. The number of urea groups is 1. The Balaban J connectivity index is 1.69. The number of amides is 2. The Bertz CT molecular complexity index is 661. The number of carboxylic acids is 1. The molecule has 1 aliphatic carbocycles. The number of likely N-dealkylation sites (tertiary alicyclic amines) is 1. The Morgan fingerprint density at radius 1 is 1.40 bits per heavy atom. The largest absolute Gasteiger partial charge is 0.491 e. The smallest absolute Gasteiger partial charge is 0.321 e. The van der Waals surface area contributed by atoms with Crippen molar-refractivity contribution in [2.45, 2.75) is 33.1 Å². The van der Waals surface area contributed by atoms with Crippen molar-refractivity contribution in [3.8, 4) is 5.75 Å². The second-order valence-electron chi connectivity index (χ2n) is 7.56. The van der Waals surface area contributed by atoms with E-state index in [1.165, 1.54) is 0 Å². The van der Waals surface area contributed by atoms with Crippen LogP contribution in [-0.4, -0.2) is 41.7 Å². The van der Waals surface area contributed by atoms with Crippen LogP contribution in [-0.2, 0) is 4.79 Å². The molecule has 0 aromatic heterocycles. The summed E-state index contributed by atoms with van der Waals surface area (Å²) in [6.45, 7) is 5.49. The van der Waals surface area contributed by atoms with Crippen LogP contribution in [0.3, 0.4) is 0 Å². The number of hydrogen-bond acceptors (Lipinski definition) is 3. The number of rotatable bonds is 5. The van der Waals surface area contributed by atoms with Gasteiger partial charge in [-0.15, -0.1) is 0 Å². The first-order valence-corrected chi connectivity index (χ1v) is 8.93. The Hall–Kier alpha value is -2.24. The van der Waals surface area contributed by atoms with Gasteiger partial charge >= 0.3 is 12.0 Å². The molecule has 2 fully saturated rings. The summed E-state index contributed by atoms with van der Waals surface area (Å²) >= 11 is 0. The van der Waals surface area contributed by atoms with Crippen LogP contribution in [0.5, 0.6) is 5.75 Å². The number of anilines is 1. The number of nitrogens with zero attached hydrogens (tertiary/aromatic N) is 1. The number of carbonyl (C=O) groups is 2. The van der Waals surface area contributed by atoms with Crippen molar-refractivity contribution in [2.75, 3.05) is 25.0 Å². The van der Waals surface area contributed by atoms with Gasteiger partial charge in [0.1, 0.15) is 5.75 Å². The lowest BCUT2D eigenvalue weighted by Gasteiger charge is -2.23. The Labute approximate surface area is 148 Å². The molecule has 2 N–H and O–H groups in total. The van der Waals surface area contributed by atoms with Gasteiger partial charge in [0.2, 0.25) is 0 Å². The first-order valence-electron chi connectivity index (χ1n) is 8.93. The highest BCUT2D eigenvalue weighted by Gasteiger charge is 2.55. The van der Waals surface area contributed by atoms with E-state index in [2.05, 4.69) is 19.2 Å². The fourth-order valence-electron chi connectivity index (χ4n) is 3.94. The zero-order chi connectivity index (χ0) is 18.0. The summed E-state index contributed by atoms with van der Waals surface area (Å²) in [4.78, 5) is 26.1. The molecular formula is C19H26N2O4. The van der Waals surface area contributed by atoms with Gasteiger partial charge in [0.25, 0.3) is 0 Å². The summed E-state index contributed by atoms with van der Waals surface area (Å²) in [6, 6.07) is 7.09. The molecule has 1 saturated carbocycles. The van der Waals surface area contributed by atoms with Crippen molar-refractivity contribution in [1.82, 2.24) is 4.90 Å². The molecule has 2 atom stereocenters. The highest BCUT2D eigenvalue weighted by Crippen LogP contribution is 2.49. The molecule has 2 amide bonds. The van der Waals surface area contributed by atoms with Gasteiger partial charge in [0.15, 0.2) is 0 Å². The number of para-hydroxylation sites is 2. The van der Waals surface area contributed by atoms with Crippen LogP contribution in [0, 0.1) is 17.3 Å². The normalized spacial score (nSPS) is 25.1. The third kappa shape index (κ3) is 3.43. The lowest BCUT2D eigenvalue weighted by molar-refractivity contribution is -0.149. The van der Waals surface area contributed by atoms with Crippen molar-refractivity contribution in [3.63, 3.8) is 0 Å². The van der Waals surface area contributed by atoms with Gasteiger partial charge in [-0.2, -0.15) is 0 Å². The van der Waals surface area contributed by atoms with Gasteiger partial charge < -0.3 is 20.1 Å². The number of fused-ring (bicyclic) bond motifs is 1. The van der Waals surface area contributed by atoms with Crippen molar-refractivity contribution in [2.24, 2.45) is 17.3 Å². The fourth-order valence-corrected chi connectivity index (χ4v) is 3.94. The second kappa shape index (κ2) is 6.94. The van der Waals surface area contributed by atoms with E-state index >= 15 is 0 Å². The van der Waals surface area contributed by atoms with Crippen LogP contribution in [0.15, 0.2) is 24.3 Å². The molecule has 1 heterocycles.